The molecule has 2 aromatic rings. The summed E-state index contributed by atoms with van der Waals surface area (Å²) < 4.78 is 2.20. The van der Waals surface area contributed by atoms with Crippen molar-refractivity contribution >= 4 is 22.8 Å². The van der Waals surface area contributed by atoms with E-state index in [1.807, 2.05) is 26.0 Å². The predicted molar refractivity (Wildman–Crippen MR) is 84.4 cm³/mol. The van der Waals surface area contributed by atoms with Gasteiger partial charge in [0, 0.05) is 11.7 Å². The van der Waals surface area contributed by atoms with Crippen molar-refractivity contribution in [1.29, 1.82) is 0 Å². The smallest absolute Gasteiger partial charge is 0.160 e. The lowest BCUT2D eigenvalue weighted by Crippen LogP contribution is -2.19. The Bertz CT molecular complexity index is 589. The first kappa shape index (κ1) is 15.3. The van der Waals surface area contributed by atoms with E-state index in [1.54, 1.807) is 0 Å². The number of pyridine rings is 1. The third-order valence-corrected chi connectivity index (χ3v) is 3.69. The van der Waals surface area contributed by atoms with Crippen LogP contribution in [0.2, 0.25) is 0 Å². The standard InChI is InChI=1S/C15H23ClN4/c1-10-6-7-13-15(17-10)20(14(18-13)12(3)16)11(2)8-9-19(4)5/h6-7,11-12H,8-9H2,1-5H3. The fraction of sp³-hybridized carbons (Fsp3) is 0.600. The van der Waals surface area contributed by atoms with Gasteiger partial charge in [-0.3, -0.25) is 0 Å². The molecule has 2 unspecified atom stereocenters. The summed E-state index contributed by atoms with van der Waals surface area (Å²) in [5.74, 6) is 0.908. The van der Waals surface area contributed by atoms with E-state index in [0.29, 0.717) is 6.04 Å². The molecule has 0 aromatic carbocycles. The molecule has 0 aliphatic carbocycles. The largest absolute Gasteiger partial charge is 0.309 e. The molecule has 20 heavy (non-hydrogen) atoms. The molecular weight excluding hydrogens is 272 g/mol. The topological polar surface area (TPSA) is 34.0 Å². The van der Waals surface area contributed by atoms with Gasteiger partial charge in [0.15, 0.2) is 5.65 Å². The summed E-state index contributed by atoms with van der Waals surface area (Å²) in [6.07, 6.45) is 1.05. The molecule has 0 amide bonds. The Morgan fingerprint density at radius 3 is 2.55 bits per heavy atom. The molecule has 0 saturated carbocycles. The highest BCUT2D eigenvalue weighted by molar-refractivity contribution is 6.20. The molecule has 0 spiro atoms. The lowest BCUT2D eigenvalue weighted by atomic mass is 10.2. The van der Waals surface area contributed by atoms with Crippen LogP contribution in [0.1, 0.15) is 43.2 Å². The number of hydrogen-bond acceptors (Lipinski definition) is 3. The third-order valence-electron chi connectivity index (χ3n) is 3.49. The van der Waals surface area contributed by atoms with Crippen molar-refractivity contribution < 1.29 is 0 Å². The van der Waals surface area contributed by atoms with Crippen LogP contribution in [0.4, 0.5) is 0 Å². The quantitative estimate of drug-likeness (QED) is 0.791. The van der Waals surface area contributed by atoms with E-state index in [-0.39, 0.29) is 5.38 Å². The maximum absolute atomic E-state index is 6.30. The minimum Gasteiger partial charge on any atom is -0.309 e. The molecule has 2 heterocycles. The van der Waals surface area contributed by atoms with Crippen molar-refractivity contribution in [2.24, 2.45) is 0 Å². The minimum absolute atomic E-state index is 0.119. The Labute approximate surface area is 125 Å². The van der Waals surface area contributed by atoms with Gasteiger partial charge in [0.25, 0.3) is 0 Å². The number of aryl methyl sites for hydroxylation is 1. The second-order valence-electron chi connectivity index (χ2n) is 5.69. The summed E-state index contributed by atoms with van der Waals surface area (Å²) in [6.45, 7) is 7.20. The normalized spacial score (nSPS) is 14.9. The van der Waals surface area contributed by atoms with Gasteiger partial charge in [-0.25, -0.2) is 9.97 Å². The second kappa shape index (κ2) is 6.10. The molecule has 0 fully saturated rings. The van der Waals surface area contributed by atoms with Gasteiger partial charge >= 0.3 is 0 Å². The Morgan fingerprint density at radius 2 is 1.95 bits per heavy atom. The van der Waals surface area contributed by atoms with E-state index in [0.717, 1.165) is 35.6 Å². The highest BCUT2D eigenvalue weighted by atomic mass is 35.5. The van der Waals surface area contributed by atoms with Crippen molar-refractivity contribution in [2.75, 3.05) is 20.6 Å². The number of imidazole rings is 1. The Morgan fingerprint density at radius 1 is 1.25 bits per heavy atom. The van der Waals surface area contributed by atoms with Gasteiger partial charge in [0.1, 0.15) is 11.3 Å². The fourth-order valence-corrected chi connectivity index (χ4v) is 2.53. The van der Waals surface area contributed by atoms with E-state index >= 15 is 0 Å². The first-order chi connectivity index (χ1) is 9.40. The van der Waals surface area contributed by atoms with Crippen molar-refractivity contribution in [2.45, 2.75) is 38.6 Å². The van der Waals surface area contributed by atoms with Crippen LogP contribution in [0.3, 0.4) is 0 Å². The average molecular weight is 295 g/mol. The summed E-state index contributed by atoms with van der Waals surface area (Å²) in [5.41, 5.74) is 2.88. The van der Waals surface area contributed by atoms with Crippen molar-refractivity contribution in [3.8, 4) is 0 Å². The van der Waals surface area contributed by atoms with Gasteiger partial charge < -0.3 is 9.47 Å². The lowest BCUT2D eigenvalue weighted by molar-refractivity contribution is 0.357. The molecule has 5 heteroatoms. The maximum Gasteiger partial charge on any atom is 0.160 e. The van der Waals surface area contributed by atoms with Gasteiger partial charge in [-0.05, 0) is 60.0 Å². The monoisotopic (exact) mass is 294 g/mol. The van der Waals surface area contributed by atoms with Crippen LogP contribution in [-0.4, -0.2) is 40.1 Å². The second-order valence-corrected chi connectivity index (χ2v) is 6.35. The molecule has 0 radical (unpaired) electrons. The highest BCUT2D eigenvalue weighted by Crippen LogP contribution is 2.28. The molecule has 4 nitrogen and oxygen atoms in total. The summed E-state index contributed by atoms with van der Waals surface area (Å²) in [4.78, 5) is 11.5. The fourth-order valence-electron chi connectivity index (χ4n) is 2.38. The van der Waals surface area contributed by atoms with Crippen LogP contribution >= 0.6 is 11.6 Å². The zero-order valence-electron chi connectivity index (χ0n) is 12.9. The van der Waals surface area contributed by atoms with E-state index in [2.05, 4.69) is 40.5 Å². The van der Waals surface area contributed by atoms with Gasteiger partial charge in [-0.15, -0.1) is 11.6 Å². The number of alkyl halides is 1. The predicted octanol–water partition coefficient (Wildman–Crippen LogP) is 3.55. The molecule has 0 bridgehead atoms. The number of halogens is 1. The van der Waals surface area contributed by atoms with Crippen molar-refractivity contribution in [1.82, 2.24) is 19.4 Å². The van der Waals surface area contributed by atoms with Crippen LogP contribution in [0.5, 0.6) is 0 Å². The van der Waals surface area contributed by atoms with Crippen LogP contribution in [0.25, 0.3) is 11.2 Å². The number of aromatic nitrogens is 3. The summed E-state index contributed by atoms with van der Waals surface area (Å²) in [5, 5.41) is -0.119. The maximum atomic E-state index is 6.30. The van der Waals surface area contributed by atoms with Gasteiger partial charge in [-0.1, -0.05) is 0 Å². The van der Waals surface area contributed by atoms with E-state index in [4.69, 9.17) is 11.6 Å². The average Bonchev–Trinajstić information content (AvgIpc) is 2.74. The van der Waals surface area contributed by atoms with Gasteiger partial charge in [0.2, 0.25) is 0 Å². The highest BCUT2D eigenvalue weighted by Gasteiger charge is 2.20. The summed E-state index contributed by atoms with van der Waals surface area (Å²) in [6, 6.07) is 4.34. The number of nitrogens with zero attached hydrogens (tertiary/aromatic N) is 4. The van der Waals surface area contributed by atoms with Gasteiger partial charge in [0.05, 0.1) is 5.38 Å². The first-order valence-electron chi connectivity index (χ1n) is 7.04. The van der Waals surface area contributed by atoms with Crippen LogP contribution in [0.15, 0.2) is 12.1 Å². The molecule has 0 aliphatic rings. The zero-order chi connectivity index (χ0) is 14.9. The van der Waals surface area contributed by atoms with Crippen molar-refractivity contribution in [3.05, 3.63) is 23.7 Å². The number of fused-ring (bicyclic) bond motifs is 1. The van der Waals surface area contributed by atoms with Gasteiger partial charge in [-0.2, -0.15) is 0 Å². The lowest BCUT2D eigenvalue weighted by Gasteiger charge is -2.20. The molecule has 2 rings (SSSR count). The number of hydrogen-bond donors (Lipinski definition) is 0. The number of rotatable bonds is 5. The van der Waals surface area contributed by atoms with Crippen LogP contribution in [0, 0.1) is 6.92 Å². The summed E-state index contributed by atoms with van der Waals surface area (Å²) >= 11 is 6.30. The molecule has 0 N–H and O–H groups in total. The third kappa shape index (κ3) is 3.13. The molecule has 110 valence electrons. The molecule has 2 aromatic heterocycles. The summed E-state index contributed by atoms with van der Waals surface area (Å²) in [7, 11) is 4.18. The minimum atomic E-state index is -0.119. The van der Waals surface area contributed by atoms with Crippen LogP contribution < -0.4 is 0 Å². The van der Waals surface area contributed by atoms with E-state index in [9.17, 15) is 0 Å². The van der Waals surface area contributed by atoms with E-state index < -0.39 is 0 Å². The first-order valence-corrected chi connectivity index (χ1v) is 7.48. The van der Waals surface area contributed by atoms with Crippen LogP contribution in [-0.2, 0) is 0 Å². The SMILES string of the molecule is Cc1ccc2nc(C(C)Cl)n(C(C)CCN(C)C)c2n1. The Kier molecular flexibility index (Phi) is 4.66. The molecule has 2 atom stereocenters. The van der Waals surface area contributed by atoms with Crippen molar-refractivity contribution in [3.63, 3.8) is 0 Å². The Balaban J connectivity index is 2.47. The Hall–Kier alpha value is -1.13. The zero-order valence-corrected chi connectivity index (χ0v) is 13.6. The molecule has 0 aliphatic heterocycles. The molecule has 0 saturated heterocycles. The molecular formula is C15H23ClN4. The van der Waals surface area contributed by atoms with E-state index in [1.165, 1.54) is 0 Å².